The molecule has 0 aliphatic carbocycles. The second kappa shape index (κ2) is 5.94. The first-order valence-electron chi connectivity index (χ1n) is 7.26. The minimum Gasteiger partial charge on any atom is -0.508 e. The SMILES string of the molecule is Cc1ccc(Oc2ccc(-c3ccc(O)cc3)cc2)c(C)c1. The Kier molecular flexibility index (Phi) is 3.84. The molecule has 3 rings (SSSR count). The van der Waals surface area contributed by atoms with E-state index in [0.29, 0.717) is 0 Å². The van der Waals surface area contributed by atoms with E-state index >= 15 is 0 Å². The molecule has 0 spiro atoms. The van der Waals surface area contributed by atoms with Gasteiger partial charge in [0.2, 0.25) is 0 Å². The summed E-state index contributed by atoms with van der Waals surface area (Å²) in [5, 5.41) is 9.34. The topological polar surface area (TPSA) is 29.5 Å². The van der Waals surface area contributed by atoms with Gasteiger partial charge in [-0.3, -0.25) is 0 Å². The van der Waals surface area contributed by atoms with E-state index in [2.05, 4.69) is 13.0 Å². The van der Waals surface area contributed by atoms with Gasteiger partial charge in [-0.25, -0.2) is 0 Å². The number of hydrogen-bond donors (Lipinski definition) is 1. The predicted molar refractivity (Wildman–Crippen MR) is 89.5 cm³/mol. The third-order valence-electron chi connectivity index (χ3n) is 3.61. The van der Waals surface area contributed by atoms with Crippen LogP contribution in [-0.4, -0.2) is 5.11 Å². The molecule has 0 radical (unpaired) electrons. The third-order valence-corrected chi connectivity index (χ3v) is 3.61. The molecule has 0 aliphatic heterocycles. The standard InChI is InChI=1S/C20H18O2/c1-14-3-12-20(15(2)13-14)22-19-10-6-17(7-11-19)16-4-8-18(21)9-5-16/h3-13,21H,1-2H3. The summed E-state index contributed by atoms with van der Waals surface area (Å²) in [6, 6.07) is 21.3. The van der Waals surface area contributed by atoms with Crippen LogP contribution in [0.3, 0.4) is 0 Å². The molecule has 0 fully saturated rings. The number of hydrogen-bond acceptors (Lipinski definition) is 2. The lowest BCUT2D eigenvalue weighted by molar-refractivity contribution is 0.475. The summed E-state index contributed by atoms with van der Waals surface area (Å²) in [5.41, 5.74) is 4.51. The van der Waals surface area contributed by atoms with Gasteiger partial charge in [0.05, 0.1) is 0 Å². The molecule has 110 valence electrons. The number of aromatic hydroxyl groups is 1. The lowest BCUT2D eigenvalue weighted by Gasteiger charge is -2.10. The molecule has 0 saturated heterocycles. The maximum Gasteiger partial charge on any atom is 0.130 e. The van der Waals surface area contributed by atoms with Gasteiger partial charge in [-0.05, 0) is 60.9 Å². The molecular formula is C20H18O2. The number of rotatable bonds is 3. The number of phenolic OH excluding ortho intramolecular Hbond substituents is 1. The molecule has 3 aromatic rings. The molecule has 0 heterocycles. The number of benzene rings is 3. The average Bonchev–Trinajstić information content (AvgIpc) is 2.52. The Morgan fingerprint density at radius 1 is 0.727 bits per heavy atom. The largest absolute Gasteiger partial charge is 0.508 e. The van der Waals surface area contributed by atoms with Crippen LogP contribution in [0.4, 0.5) is 0 Å². The van der Waals surface area contributed by atoms with Gasteiger partial charge in [-0.2, -0.15) is 0 Å². The van der Waals surface area contributed by atoms with Crippen LogP contribution in [0.5, 0.6) is 17.2 Å². The van der Waals surface area contributed by atoms with Gasteiger partial charge in [0, 0.05) is 0 Å². The summed E-state index contributed by atoms with van der Waals surface area (Å²) in [5.74, 6) is 1.97. The molecule has 0 amide bonds. The highest BCUT2D eigenvalue weighted by Gasteiger charge is 2.03. The molecule has 1 N–H and O–H groups in total. The Labute approximate surface area is 130 Å². The molecule has 0 aliphatic rings. The second-order valence-electron chi connectivity index (χ2n) is 5.44. The Morgan fingerprint density at radius 3 is 1.91 bits per heavy atom. The summed E-state index contributed by atoms with van der Waals surface area (Å²) in [6.45, 7) is 4.12. The third kappa shape index (κ3) is 3.12. The summed E-state index contributed by atoms with van der Waals surface area (Å²) in [7, 11) is 0. The average molecular weight is 290 g/mol. The van der Waals surface area contributed by atoms with Gasteiger partial charge in [-0.1, -0.05) is 42.0 Å². The van der Waals surface area contributed by atoms with Crippen LogP contribution in [-0.2, 0) is 0 Å². The Hall–Kier alpha value is -2.74. The molecule has 2 heteroatoms. The number of phenols is 1. The number of ether oxygens (including phenoxy) is 1. The van der Waals surface area contributed by atoms with Gasteiger partial charge in [0.15, 0.2) is 0 Å². The second-order valence-corrected chi connectivity index (χ2v) is 5.44. The molecule has 22 heavy (non-hydrogen) atoms. The highest BCUT2D eigenvalue weighted by molar-refractivity contribution is 5.65. The first-order chi connectivity index (χ1) is 10.6. The molecule has 0 aromatic heterocycles. The fourth-order valence-electron chi connectivity index (χ4n) is 2.41. The van der Waals surface area contributed by atoms with Gasteiger partial charge in [0.25, 0.3) is 0 Å². The van der Waals surface area contributed by atoms with E-state index in [1.165, 1.54) is 5.56 Å². The van der Waals surface area contributed by atoms with Gasteiger partial charge >= 0.3 is 0 Å². The lowest BCUT2D eigenvalue weighted by Crippen LogP contribution is -1.88. The fourth-order valence-corrected chi connectivity index (χ4v) is 2.41. The van der Waals surface area contributed by atoms with Crippen molar-refractivity contribution in [2.75, 3.05) is 0 Å². The normalized spacial score (nSPS) is 10.5. The highest BCUT2D eigenvalue weighted by atomic mass is 16.5. The van der Waals surface area contributed by atoms with E-state index in [1.54, 1.807) is 12.1 Å². The zero-order valence-corrected chi connectivity index (χ0v) is 12.7. The summed E-state index contributed by atoms with van der Waals surface area (Å²) in [4.78, 5) is 0. The smallest absolute Gasteiger partial charge is 0.130 e. The molecular weight excluding hydrogens is 272 g/mol. The predicted octanol–water partition coefficient (Wildman–Crippen LogP) is 5.47. The first kappa shape index (κ1) is 14.2. The van der Waals surface area contributed by atoms with Crippen LogP contribution in [0.1, 0.15) is 11.1 Å². The quantitative estimate of drug-likeness (QED) is 0.693. The molecule has 0 bridgehead atoms. The molecule has 0 saturated carbocycles. The van der Waals surface area contributed by atoms with E-state index in [4.69, 9.17) is 4.74 Å². The molecule has 0 atom stereocenters. The lowest BCUT2D eigenvalue weighted by atomic mass is 10.1. The minimum atomic E-state index is 0.276. The Morgan fingerprint density at radius 2 is 1.32 bits per heavy atom. The van der Waals surface area contributed by atoms with Crippen molar-refractivity contribution in [1.82, 2.24) is 0 Å². The molecule has 0 unspecified atom stereocenters. The van der Waals surface area contributed by atoms with Crippen LogP contribution in [0.25, 0.3) is 11.1 Å². The van der Waals surface area contributed by atoms with Gasteiger partial charge in [0.1, 0.15) is 17.2 Å². The highest BCUT2D eigenvalue weighted by Crippen LogP contribution is 2.28. The maximum absolute atomic E-state index is 9.34. The Balaban J connectivity index is 1.80. The number of aryl methyl sites for hydroxylation is 2. The monoisotopic (exact) mass is 290 g/mol. The minimum absolute atomic E-state index is 0.276. The molecule has 2 nitrogen and oxygen atoms in total. The van der Waals surface area contributed by atoms with Crippen molar-refractivity contribution in [3.05, 3.63) is 77.9 Å². The van der Waals surface area contributed by atoms with Crippen molar-refractivity contribution in [3.63, 3.8) is 0 Å². The van der Waals surface area contributed by atoms with Crippen molar-refractivity contribution in [1.29, 1.82) is 0 Å². The van der Waals surface area contributed by atoms with Crippen LogP contribution < -0.4 is 4.74 Å². The molecule has 3 aromatic carbocycles. The van der Waals surface area contributed by atoms with Crippen molar-refractivity contribution in [2.24, 2.45) is 0 Å². The first-order valence-corrected chi connectivity index (χ1v) is 7.26. The van der Waals surface area contributed by atoms with Crippen LogP contribution in [0, 0.1) is 13.8 Å². The van der Waals surface area contributed by atoms with Crippen LogP contribution in [0.15, 0.2) is 66.7 Å². The fraction of sp³-hybridized carbons (Fsp3) is 0.100. The van der Waals surface area contributed by atoms with Crippen molar-refractivity contribution in [2.45, 2.75) is 13.8 Å². The van der Waals surface area contributed by atoms with Crippen molar-refractivity contribution >= 4 is 0 Å². The van der Waals surface area contributed by atoms with Crippen LogP contribution in [0.2, 0.25) is 0 Å². The zero-order valence-electron chi connectivity index (χ0n) is 12.7. The van der Waals surface area contributed by atoms with E-state index in [9.17, 15) is 5.11 Å². The van der Waals surface area contributed by atoms with E-state index < -0.39 is 0 Å². The van der Waals surface area contributed by atoms with E-state index in [-0.39, 0.29) is 5.75 Å². The van der Waals surface area contributed by atoms with Crippen molar-refractivity contribution < 1.29 is 9.84 Å². The Bertz CT molecular complexity index is 772. The summed E-state index contributed by atoms with van der Waals surface area (Å²) >= 11 is 0. The van der Waals surface area contributed by atoms with E-state index in [1.807, 2.05) is 55.5 Å². The van der Waals surface area contributed by atoms with Gasteiger partial charge in [-0.15, -0.1) is 0 Å². The maximum atomic E-state index is 9.34. The van der Waals surface area contributed by atoms with Crippen molar-refractivity contribution in [3.8, 4) is 28.4 Å². The van der Waals surface area contributed by atoms with Gasteiger partial charge < -0.3 is 9.84 Å². The summed E-state index contributed by atoms with van der Waals surface area (Å²) in [6.07, 6.45) is 0. The van der Waals surface area contributed by atoms with E-state index in [0.717, 1.165) is 28.2 Å². The van der Waals surface area contributed by atoms with Crippen LogP contribution >= 0.6 is 0 Å². The summed E-state index contributed by atoms with van der Waals surface area (Å²) < 4.78 is 5.93. The zero-order chi connectivity index (χ0) is 15.5.